The molecule has 0 aliphatic heterocycles. The molecule has 0 atom stereocenters. The Kier molecular flexibility index (Phi) is 6.69. The molecule has 136 valence electrons. The van der Waals surface area contributed by atoms with Gasteiger partial charge < -0.3 is 10.2 Å². The molecule has 0 aliphatic rings. The largest absolute Gasteiger partial charge is 0.507 e. The predicted molar refractivity (Wildman–Crippen MR) is 107 cm³/mol. The monoisotopic (exact) mass is 462 g/mol. The first kappa shape index (κ1) is 19.8. The van der Waals surface area contributed by atoms with Crippen LogP contribution in [0.25, 0.3) is 0 Å². The number of thioether (sulfide) groups is 2. The van der Waals surface area contributed by atoms with Crippen molar-refractivity contribution in [3.63, 3.8) is 0 Å². The molecule has 3 aromatic rings. The SMILES string of the molecule is CSc1nnc(Sc2c(O)cc(C=O)c(O)c2Sc2nnc(SC)s2)s1. The number of carbonyl (C=O) groups is 1. The Morgan fingerprint density at radius 1 is 0.885 bits per heavy atom. The maximum atomic E-state index is 11.2. The normalized spacial score (nSPS) is 11.0. The van der Waals surface area contributed by atoms with Gasteiger partial charge in [0.05, 0.1) is 15.4 Å². The van der Waals surface area contributed by atoms with Crippen molar-refractivity contribution < 1.29 is 15.0 Å². The van der Waals surface area contributed by atoms with Crippen LogP contribution in [0.1, 0.15) is 10.4 Å². The molecule has 0 spiro atoms. The summed E-state index contributed by atoms with van der Waals surface area (Å²) in [5.41, 5.74) is 0.00558. The molecule has 0 unspecified atom stereocenters. The van der Waals surface area contributed by atoms with Crippen molar-refractivity contribution in [3.8, 4) is 11.5 Å². The highest BCUT2D eigenvalue weighted by Gasteiger charge is 2.22. The van der Waals surface area contributed by atoms with E-state index in [9.17, 15) is 15.0 Å². The lowest BCUT2D eigenvalue weighted by atomic mass is 10.2. The van der Waals surface area contributed by atoms with Gasteiger partial charge in [0.15, 0.2) is 23.6 Å². The number of carbonyl (C=O) groups excluding carboxylic acids is 1. The molecule has 2 N–H and O–H groups in total. The lowest BCUT2D eigenvalue weighted by Crippen LogP contribution is -1.89. The van der Waals surface area contributed by atoms with E-state index in [1.165, 1.54) is 64.0 Å². The highest BCUT2D eigenvalue weighted by Crippen LogP contribution is 2.50. The van der Waals surface area contributed by atoms with E-state index in [4.69, 9.17) is 0 Å². The smallest absolute Gasteiger partial charge is 0.180 e. The van der Waals surface area contributed by atoms with Gasteiger partial charge in [0, 0.05) is 0 Å². The van der Waals surface area contributed by atoms with Gasteiger partial charge in [-0.1, -0.05) is 69.7 Å². The van der Waals surface area contributed by atoms with Crippen molar-refractivity contribution in [2.75, 3.05) is 12.5 Å². The number of aromatic hydroxyl groups is 2. The molecule has 13 heteroatoms. The van der Waals surface area contributed by atoms with Crippen LogP contribution in [0.2, 0.25) is 0 Å². The average Bonchev–Trinajstić information content (AvgIpc) is 3.29. The van der Waals surface area contributed by atoms with Crippen LogP contribution >= 0.6 is 69.7 Å². The van der Waals surface area contributed by atoms with Crippen LogP contribution in [0.5, 0.6) is 11.5 Å². The number of benzene rings is 1. The first-order valence-electron chi connectivity index (χ1n) is 6.70. The molecule has 2 heterocycles. The number of hydrogen-bond acceptors (Lipinski definition) is 13. The number of hydrogen-bond donors (Lipinski definition) is 2. The van der Waals surface area contributed by atoms with Crippen LogP contribution in [0, 0.1) is 0 Å². The van der Waals surface area contributed by atoms with Gasteiger partial charge in [-0.3, -0.25) is 4.79 Å². The maximum absolute atomic E-state index is 11.2. The van der Waals surface area contributed by atoms with Gasteiger partial charge in [0.1, 0.15) is 11.5 Å². The van der Waals surface area contributed by atoms with Gasteiger partial charge in [-0.05, 0) is 18.6 Å². The standard InChI is InChI=1S/C13H10N4O3S6/c1-21-10-14-16-12(25-10)23-8-6(19)3-5(4-18)7(20)9(8)24-13-17-15-11(22-2)26-13/h3-4,19-20H,1-2H3. The van der Waals surface area contributed by atoms with Gasteiger partial charge in [0.2, 0.25) is 0 Å². The quantitative estimate of drug-likeness (QED) is 0.297. The van der Waals surface area contributed by atoms with Crippen LogP contribution in [-0.4, -0.2) is 49.4 Å². The third-order valence-corrected chi connectivity index (χ3v) is 9.10. The molecule has 0 fully saturated rings. The highest BCUT2D eigenvalue weighted by molar-refractivity contribution is 8.05. The lowest BCUT2D eigenvalue weighted by molar-refractivity contribution is 0.112. The number of nitrogens with zero attached hydrogens (tertiary/aromatic N) is 4. The van der Waals surface area contributed by atoms with Crippen molar-refractivity contribution in [1.82, 2.24) is 20.4 Å². The second-order valence-electron chi connectivity index (χ2n) is 4.39. The molecule has 0 amide bonds. The van der Waals surface area contributed by atoms with E-state index in [1.54, 1.807) is 0 Å². The molecule has 0 radical (unpaired) electrons. The fraction of sp³-hybridized carbons (Fsp3) is 0.154. The minimum Gasteiger partial charge on any atom is -0.507 e. The van der Waals surface area contributed by atoms with Crippen molar-refractivity contribution in [1.29, 1.82) is 0 Å². The Hall–Kier alpha value is -0.990. The molecule has 26 heavy (non-hydrogen) atoms. The number of aldehydes is 1. The molecule has 7 nitrogen and oxygen atoms in total. The van der Waals surface area contributed by atoms with Crippen molar-refractivity contribution >= 4 is 76.0 Å². The number of phenols is 2. The Morgan fingerprint density at radius 2 is 1.38 bits per heavy atom. The minimum absolute atomic E-state index is 0.00558. The average molecular weight is 463 g/mol. The second-order valence-corrected chi connectivity index (χ2v) is 11.0. The van der Waals surface area contributed by atoms with Crippen LogP contribution in [0.4, 0.5) is 0 Å². The number of phenolic OH excluding ortho intramolecular Hbond substituents is 2. The lowest BCUT2D eigenvalue weighted by Gasteiger charge is -2.11. The first-order chi connectivity index (χ1) is 12.5. The molecule has 0 saturated carbocycles. The van der Waals surface area contributed by atoms with E-state index in [0.29, 0.717) is 24.8 Å². The summed E-state index contributed by atoms with van der Waals surface area (Å²) in [7, 11) is 0. The summed E-state index contributed by atoms with van der Waals surface area (Å²) in [4.78, 5) is 11.9. The van der Waals surface area contributed by atoms with Crippen LogP contribution in [0.3, 0.4) is 0 Å². The Labute approximate surface area is 173 Å². The van der Waals surface area contributed by atoms with Gasteiger partial charge in [-0.2, -0.15) is 0 Å². The van der Waals surface area contributed by atoms with E-state index in [1.807, 2.05) is 12.5 Å². The summed E-state index contributed by atoms with van der Waals surface area (Å²) in [5, 5.41) is 37.1. The molecule has 0 aliphatic carbocycles. The summed E-state index contributed by atoms with van der Waals surface area (Å²) in [6.07, 6.45) is 4.29. The number of rotatable bonds is 7. The fourth-order valence-electron chi connectivity index (χ4n) is 1.74. The molecular formula is C13H10N4O3S6. The Bertz CT molecular complexity index is 944. The van der Waals surface area contributed by atoms with E-state index < -0.39 is 0 Å². The van der Waals surface area contributed by atoms with E-state index in [-0.39, 0.29) is 17.1 Å². The minimum atomic E-state index is -0.208. The van der Waals surface area contributed by atoms with Crippen molar-refractivity contribution in [3.05, 3.63) is 11.6 Å². The predicted octanol–water partition coefficient (Wildman–Crippen LogP) is 4.36. The Morgan fingerprint density at radius 3 is 1.85 bits per heavy atom. The van der Waals surface area contributed by atoms with Crippen LogP contribution in [0.15, 0.2) is 33.2 Å². The molecule has 0 saturated heterocycles. The van der Waals surface area contributed by atoms with E-state index in [2.05, 4.69) is 20.4 Å². The highest BCUT2D eigenvalue weighted by atomic mass is 32.2. The Balaban J connectivity index is 2.03. The zero-order valence-electron chi connectivity index (χ0n) is 13.2. The van der Waals surface area contributed by atoms with E-state index in [0.717, 1.165) is 20.4 Å². The van der Waals surface area contributed by atoms with Crippen LogP contribution in [-0.2, 0) is 0 Å². The molecule has 1 aromatic carbocycles. The summed E-state index contributed by atoms with van der Waals surface area (Å²) in [5.74, 6) is -0.325. The van der Waals surface area contributed by atoms with Gasteiger partial charge in [-0.25, -0.2) is 0 Å². The van der Waals surface area contributed by atoms with Gasteiger partial charge in [0.25, 0.3) is 0 Å². The van der Waals surface area contributed by atoms with Crippen molar-refractivity contribution in [2.45, 2.75) is 27.1 Å². The summed E-state index contributed by atoms with van der Waals surface area (Å²) < 4.78 is 2.79. The molecule has 3 rings (SSSR count). The summed E-state index contributed by atoms with van der Waals surface area (Å²) in [6.45, 7) is 0. The molecule has 2 aromatic heterocycles. The second kappa shape index (κ2) is 8.80. The van der Waals surface area contributed by atoms with Gasteiger partial charge in [-0.15, -0.1) is 20.4 Å². The summed E-state index contributed by atoms with van der Waals surface area (Å²) >= 11 is 8.01. The van der Waals surface area contributed by atoms with Crippen molar-refractivity contribution in [2.24, 2.45) is 0 Å². The van der Waals surface area contributed by atoms with E-state index >= 15 is 0 Å². The molecule has 0 bridgehead atoms. The summed E-state index contributed by atoms with van der Waals surface area (Å²) in [6, 6.07) is 1.23. The molecular weight excluding hydrogens is 453 g/mol. The van der Waals surface area contributed by atoms with Gasteiger partial charge >= 0.3 is 0 Å². The van der Waals surface area contributed by atoms with Crippen LogP contribution < -0.4 is 0 Å². The topological polar surface area (TPSA) is 109 Å². The zero-order valence-corrected chi connectivity index (χ0v) is 18.1. The zero-order chi connectivity index (χ0) is 18.7. The first-order valence-corrected chi connectivity index (χ1v) is 12.4. The number of aromatic nitrogens is 4. The maximum Gasteiger partial charge on any atom is 0.180 e. The third kappa shape index (κ3) is 4.28. The third-order valence-electron chi connectivity index (χ3n) is 2.85. The fourth-order valence-corrected chi connectivity index (χ4v) is 6.90.